The second-order valence-electron chi connectivity index (χ2n) is 7.92. The first-order chi connectivity index (χ1) is 13.5. The topological polar surface area (TPSA) is 102 Å². The molecule has 1 aliphatic rings. The van der Waals surface area contributed by atoms with Gasteiger partial charge in [0.1, 0.15) is 12.2 Å². The molecule has 0 spiro atoms. The maximum absolute atomic E-state index is 11.9. The Morgan fingerprint density at radius 3 is 2.45 bits per heavy atom. The summed E-state index contributed by atoms with van der Waals surface area (Å²) in [6.45, 7) is 12.4. The summed E-state index contributed by atoms with van der Waals surface area (Å²) >= 11 is 0. The first kappa shape index (κ1) is 25.2. The number of ketones is 1. The van der Waals surface area contributed by atoms with Crippen molar-refractivity contribution in [2.24, 2.45) is 0 Å². The first-order valence-corrected chi connectivity index (χ1v) is 9.77. The molecule has 5 atom stereocenters. The molecule has 1 heterocycles. The molecule has 0 aromatic rings. The van der Waals surface area contributed by atoms with Gasteiger partial charge in [0.25, 0.3) is 0 Å². The fraction of sp³-hybridized carbons (Fsp3) is 0.636. The fourth-order valence-electron chi connectivity index (χ4n) is 2.98. The minimum Gasteiger partial charge on any atom is -0.454 e. The molecule has 7 nitrogen and oxygen atoms in total. The molecule has 1 rings (SSSR count). The van der Waals surface area contributed by atoms with Gasteiger partial charge < -0.3 is 24.4 Å². The van der Waals surface area contributed by atoms with Crippen LogP contribution in [0, 0.1) is 0 Å². The van der Waals surface area contributed by atoms with E-state index in [1.807, 2.05) is 33.8 Å². The van der Waals surface area contributed by atoms with Crippen molar-refractivity contribution in [2.45, 2.75) is 84.1 Å². The van der Waals surface area contributed by atoms with Crippen LogP contribution in [-0.2, 0) is 23.8 Å². The number of hydrogen-bond acceptors (Lipinski definition) is 7. The molecule has 1 fully saturated rings. The Hall–Kier alpha value is -1.80. The number of rotatable bonds is 10. The largest absolute Gasteiger partial charge is 0.454 e. The van der Waals surface area contributed by atoms with Crippen LogP contribution in [0.4, 0.5) is 0 Å². The maximum Gasteiger partial charge on any atom is 0.303 e. The molecule has 1 saturated heterocycles. The van der Waals surface area contributed by atoms with Crippen molar-refractivity contribution in [1.29, 1.82) is 0 Å². The van der Waals surface area contributed by atoms with Crippen molar-refractivity contribution >= 4 is 11.8 Å². The summed E-state index contributed by atoms with van der Waals surface area (Å²) in [5.74, 6) is -0.547. The van der Waals surface area contributed by atoms with Gasteiger partial charge in [-0.25, -0.2) is 0 Å². The Balaban J connectivity index is 2.74. The van der Waals surface area contributed by atoms with Gasteiger partial charge in [-0.15, -0.1) is 6.58 Å². The van der Waals surface area contributed by atoms with Crippen LogP contribution in [-0.4, -0.2) is 58.8 Å². The molecule has 0 aliphatic carbocycles. The van der Waals surface area contributed by atoms with E-state index < -0.39 is 36.2 Å². The average Bonchev–Trinajstić information content (AvgIpc) is 2.60. The molecule has 1 aliphatic heterocycles. The van der Waals surface area contributed by atoms with Gasteiger partial charge >= 0.3 is 5.97 Å². The molecule has 5 unspecified atom stereocenters. The molecule has 0 aromatic heterocycles. The number of ether oxygens (including phenoxy) is 3. The molecule has 0 bridgehead atoms. The third-order valence-electron chi connectivity index (χ3n) is 4.59. The lowest BCUT2D eigenvalue weighted by molar-refractivity contribution is -0.296. The van der Waals surface area contributed by atoms with E-state index in [0.29, 0.717) is 19.3 Å². The third-order valence-corrected chi connectivity index (χ3v) is 4.59. The van der Waals surface area contributed by atoms with Gasteiger partial charge in [0.05, 0.1) is 12.2 Å². The smallest absolute Gasteiger partial charge is 0.303 e. The molecular formula is C22H34O7. The predicted molar refractivity (Wildman–Crippen MR) is 109 cm³/mol. The highest BCUT2D eigenvalue weighted by Crippen LogP contribution is 2.28. The maximum atomic E-state index is 11.9. The average molecular weight is 411 g/mol. The van der Waals surface area contributed by atoms with E-state index in [1.165, 1.54) is 6.92 Å². The van der Waals surface area contributed by atoms with Crippen molar-refractivity contribution in [3.8, 4) is 0 Å². The number of allylic oxidation sites excluding steroid dienone is 4. The lowest BCUT2D eigenvalue weighted by atomic mass is 9.97. The van der Waals surface area contributed by atoms with Crippen LogP contribution in [0.5, 0.6) is 0 Å². The summed E-state index contributed by atoms with van der Waals surface area (Å²) in [6.07, 6.45) is 2.10. The van der Waals surface area contributed by atoms with Crippen LogP contribution in [0.3, 0.4) is 0 Å². The van der Waals surface area contributed by atoms with Gasteiger partial charge in [0.2, 0.25) is 0 Å². The molecule has 164 valence electrons. The standard InChI is InChI=1S/C22H34O7/c1-7-22(6,10-8-9-15(4)12-17(24)11-14(2)3)29-21-20(28-16(5)23)19(26)18(25)13-27-21/h7,9,11,18-21,25-26H,1,8,10,12-13H2,2-6H3. The van der Waals surface area contributed by atoms with Crippen LogP contribution in [0.1, 0.15) is 53.9 Å². The molecule has 0 amide bonds. The second-order valence-corrected chi connectivity index (χ2v) is 7.92. The van der Waals surface area contributed by atoms with Gasteiger partial charge in [-0.2, -0.15) is 0 Å². The third kappa shape index (κ3) is 8.62. The highest BCUT2D eigenvalue weighted by Gasteiger charge is 2.44. The predicted octanol–water partition coefficient (Wildman–Crippen LogP) is 2.61. The van der Waals surface area contributed by atoms with Crippen LogP contribution >= 0.6 is 0 Å². The van der Waals surface area contributed by atoms with Crippen molar-refractivity contribution < 1.29 is 34.0 Å². The summed E-state index contributed by atoms with van der Waals surface area (Å²) < 4.78 is 16.6. The van der Waals surface area contributed by atoms with Crippen LogP contribution in [0.15, 0.2) is 36.0 Å². The summed E-state index contributed by atoms with van der Waals surface area (Å²) in [4.78, 5) is 23.2. The Labute approximate surface area is 173 Å². The van der Waals surface area contributed by atoms with E-state index in [4.69, 9.17) is 14.2 Å². The van der Waals surface area contributed by atoms with Gasteiger partial charge in [-0.1, -0.05) is 23.3 Å². The fourth-order valence-corrected chi connectivity index (χ4v) is 2.98. The van der Waals surface area contributed by atoms with Crippen LogP contribution in [0.2, 0.25) is 0 Å². The number of carbonyl (C=O) groups excluding carboxylic acids is 2. The zero-order valence-electron chi connectivity index (χ0n) is 18.0. The highest BCUT2D eigenvalue weighted by atomic mass is 16.7. The first-order valence-electron chi connectivity index (χ1n) is 9.77. The van der Waals surface area contributed by atoms with Gasteiger partial charge in [-0.3, -0.25) is 9.59 Å². The Morgan fingerprint density at radius 1 is 1.24 bits per heavy atom. The van der Waals surface area contributed by atoms with E-state index >= 15 is 0 Å². The van der Waals surface area contributed by atoms with E-state index in [2.05, 4.69) is 6.58 Å². The molecule has 0 radical (unpaired) electrons. The number of aliphatic hydroxyl groups excluding tert-OH is 2. The van der Waals surface area contributed by atoms with Gasteiger partial charge in [0.15, 0.2) is 18.2 Å². The summed E-state index contributed by atoms with van der Waals surface area (Å²) in [6, 6.07) is 0. The minimum absolute atomic E-state index is 0.0638. The number of hydrogen-bond donors (Lipinski definition) is 2. The summed E-state index contributed by atoms with van der Waals surface area (Å²) in [7, 11) is 0. The SMILES string of the molecule is C=CC(C)(CCC=C(C)CC(=O)C=C(C)C)OC1OCC(O)C(O)C1OC(C)=O. The molecule has 29 heavy (non-hydrogen) atoms. The second kappa shape index (κ2) is 11.4. The molecule has 0 aromatic carbocycles. The van der Waals surface area contributed by atoms with Crippen molar-refractivity contribution in [3.05, 3.63) is 36.0 Å². The molecular weight excluding hydrogens is 376 g/mol. The van der Waals surface area contributed by atoms with Crippen molar-refractivity contribution in [1.82, 2.24) is 0 Å². The number of aliphatic hydroxyl groups is 2. The lowest BCUT2D eigenvalue weighted by Gasteiger charge is -2.40. The Bertz CT molecular complexity index is 648. The molecule has 7 heteroatoms. The normalized spacial score (nSPS) is 26.9. The van der Waals surface area contributed by atoms with E-state index in [0.717, 1.165) is 11.1 Å². The lowest BCUT2D eigenvalue weighted by Crippen LogP contribution is -2.57. The van der Waals surface area contributed by atoms with Crippen LogP contribution in [0.25, 0.3) is 0 Å². The molecule has 2 N–H and O–H groups in total. The van der Waals surface area contributed by atoms with E-state index in [1.54, 1.807) is 12.2 Å². The minimum atomic E-state index is -1.31. The van der Waals surface area contributed by atoms with E-state index in [9.17, 15) is 19.8 Å². The monoisotopic (exact) mass is 410 g/mol. The van der Waals surface area contributed by atoms with Crippen molar-refractivity contribution in [2.75, 3.05) is 6.61 Å². The quantitative estimate of drug-likeness (QED) is 0.324. The Morgan fingerprint density at radius 2 is 1.90 bits per heavy atom. The zero-order valence-corrected chi connectivity index (χ0v) is 18.0. The van der Waals surface area contributed by atoms with Gasteiger partial charge in [0, 0.05) is 13.3 Å². The summed E-state index contributed by atoms with van der Waals surface area (Å²) in [5, 5.41) is 19.9. The number of esters is 1. The van der Waals surface area contributed by atoms with Gasteiger partial charge in [-0.05, 0) is 46.6 Å². The van der Waals surface area contributed by atoms with Crippen LogP contribution < -0.4 is 0 Å². The van der Waals surface area contributed by atoms with Crippen molar-refractivity contribution in [3.63, 3.8) is 0 Å². The number of carbonyl (C=O) groups is 2. The van der Waals surface area contributed by atoms with E-state index in [-0.39, 0.29) is 12.4 Å². The molecule has 0 saturated carbocycles. The summed E-state index contributed by atoms with van der Waals surface area (Å²) in [5.41, 5.74) is 1.10. The highest BCUT2D eigenvalue weighted by molar-refractivity contribution is 5.91. The zero-order chi connectivity index (χ0) is 22.2. The Kier molecular flexibility index (Phi) is 9.92.